The minimum absolute atomic E-state index is 0.313. The number of carbonyl (C=O) groups is 1. The van der Waals surface area contributed by atoms with E-state index >= 15 is 0 Å². The van der Waals surface area contributed by atoms with Crippen molar-refractivity contribution < 1.29 is 18.3 Å². The van der Waals surface area contributed by atoms with Crippen molar-refractivity contribution in [2.75, 3.05) is 0 Å². The van der Waals surface area contributed by atoms with Crippen LogP contribution in [0.4, 0.5) is 4.39 Å². The molecule has 0 spiro atoms. The quantitative estimate of drug-likeness (QED) is 0.237. The minimum atomic E-state index is -0.350. The van der Waals surface area contributed by atoms with E-state index in [1.54, 1.807) is 42.6 Å². The molecule has 5 rings (SSSR count). The molecule has 3 aromatic carbocycles. The molecule has 0 saturated carbocycles. The summed E-state index contributed by atoms with van der Waals surface area (Å²) in [6.45, 7) is 0.352. The first-order valence-corrected chi connectivity index (χ1v) is 10.9. The van der Waals surface area contributed by atoms with E-state index in [0.717, 1.165) is 22.0 Å². The summed E-state index contributed by atoms with van der Waals surface area (Å²) < 4.78 is 24.7. The molecule has 0 fully saturated rings. The smallest absolute Gasteiger partial charge is 0.271 e. The van der Waals surface area contributed by atoms with Gasteiger partial charge in [0.2, 0.25) is 0 Å². The Balaban J connectivity index is 1.16. The van der Waals surface area contributed by atoms with Crippen molar-refractivity contribution in [1.82, 2.24) is 10.4 Å². The molecule has 35 heavy (non-hydrogen) atoms. The number of fused-ring (bicyclic) bond motifs is 1. The molecule has 0 aliphatic carbocycles. The van der Waals surface area contributed by atoms with Crippen molar-refractivity contribution in [1.29, 1.82) is 0 Å². The zero-order chi connectivity index (χ0) is 24.0. The van der Waals surface area contributed by atoms with E-state index in [0.29, 0.717) is 29.4 Å². The number of amides is 1. The predicted molar refractivity (Wildman–Crippen MR) is 132 cm³/mol. The molecule has 0 saturated heterocycles. The third-order valence-corrected chi connectivity index (χ3v) is 5.32. The fourth-order valence-corrected chi connectivity index (χ4v) is 3.52. The highest BCUT2D eigenvalue weighted by molar-refractivity contribution is 5.94. The van der Waals surface area contributed by atoms with Crippen LogP contribution >= 0.6 is 0 Å². The molecule has 0 unspecified atom stereocenters. The summed E-state index contributed by atoms with van der Waals surface area (Å²) in [5.74, 6) is 1.08. The second kappa shape index (κ2) is 10.0. The van der Waals surface area contributed by atoms with Gasteiger partial charge in [0.25, 0.3) is 5.91 Å². The van der Waals surface area contributed by atoms with Gasteiger partial charge in [-0.05, 0) is 66.2 Å². The topological polar surface area (TPSA) is 76.7 Å². The standard InChI is InChI=1S/C28H20FN3O3/c29-23-12-10-20(11-13-23)25-15-14-24(35-25)17-31-32-28(33)22-8-6-19(7-9-22)18-34-26-5-1-3-21-4-2-16-30-27(21)26/h1-17H,18H2,(H,32,33). The third kappa shape index (κ3) is 5.25. The molecule has 2 heterocycles. The number of hydrogen-bond donors (Lipinski definition) is 1. The number of rotatable bonds is 7. The Kier molecular flexibility index (Phi) is 6.30. The Bertz CT molecular complexity index is 1490. The third-order valence-electron chi connectivity index (χ3n) is 5.32. The average Bonchev–Trinajstić information content (AvgIpc) is 3.37. The van der Waals surface area contributed by atoms with Crippen LogP contribution in [0, 0.1) is 5.82 Å². The zero-order valence-electron chi connectivity index (χ0n) is 18.5. The fourth-order valence-electron chi connectivity index (χ4n) is 3.52. The molecule has 1 amide bonds. The molecular weight excluding hydrogens is 445 g/mol. The highest BCUT2D eigenvalue weighted by atomic mass is 19.1. The normalized spacial score (nSPS) is 11.1. The Morgan fingerprint density at radius 2 is 1.77 bits per heavy atom. The van der Waals surface area contributed by atoms with Crippen molar-refractivity contribution in [3.63, 3.8) is 0 Å². The number of aromatic nitrogens is 1. The van der Waals surface area contributed by atoms with Crippen LogP contribution in [0.5, 0.6) is 5.75 Å². The zero-order valence-corrected chi connectivity index (χ0v) is 18.5. The van der Waals surface area contributed by atoms with Gasteiger partial charge in [0.05, 0.1) is 6.21 Å². The number of nitrogens with one attached hydrogen (secondary N) is 1. The summed E-state index contributed by atoms with van der Waals surface area (Å²) in [6, 6.07) is 26.2. The van der Waals surface area contributed by atoms with Gasteiger partial charge < -0.3 is 9.15 Å². The minimum Gasteiger partial charge on any atom is -0.487 e. The lowest BCUT2D eigenvalue weighted by atomic mass is 10.1. The number of halogens is 1. The molecule has 0 bridgehead atoms. The van der Waals surface area contributed by atoms with E-state index in [4.69, 9.17) is 9.15 Å². The van der Waals surface area contributed by atoms with Crippen LogP contribution in [0.1, 0.15) is 21.7 Å². The van der Waals surface area contributed by atoms with Crippen molar-refractivity contribution in [2.24, 2.45) is 5.10 Å². The maximum Gasteiger partial charge on any atom is 0.271 e. The van der Waals surface area contributed by atoms with Crippen LogP contribution in [0.2, 0.25) is 0 Å². The van der Waals surface area contributed by atoms with Crippen LogP contribution in [0.25, 0.3) is 22.2 Å². The molecule has 1 N–H and O–H groups in total. The number of nitrogens with zero attached hydrogens (tertiary/aromatic N) is 2. The molecule has 172 valence electrons. The molecule has 2 aromatic heterocycles. The Labute approximate surface area is 200 Å². The summed E-state index contributed by atoms with van der Waals surface area (Å²) in [5.41, 5.74) is 5.42. The lowest BCUT2D eigenvalue weighted by Crippen LogP contribution is -2.17. The fraction of sp³-hybridized carbons (Fsp3) is 0.0357. The van der Waals surface area contributed by atoms with Gasteiger partial charge in [-0.3, -0.25) is 9.78 Å². The molecule has 0 aliphatic heterocycles. The van der Waals surface area contributed by atoms with E-state index in [1.807, 2.05) is 42.5 Å². The maximum absolute atomic E-state index is 13.1. The van der Waals surface area contributed by atoms with E-state index < -0.39 is 0 Å². The number of hydrogen-bond acceptors (Lipinski definition) is 5. The van der Waals surface area contributed by atoms with Gasteiger partial charge in [0, 0.05) is 22.7 Å². The summed E-state index contributed by atoms with van der Waals surface area (Å²) in [6.07, 6.45) is 3.15. The van der Waals surface area contributed by atoms with Gasteiger partial charge in [-0.1, -0.05) is 30.3 Å². The molecular formula is C28H20FN3O3. The highest BCUT2D eigenvalue weighted by Crippen LogP contribution is 2.24. The van der Waals surface area contributed by atoms with Gasteiger partial charge in [0.1, 0.15) is 35.2 Å². The van der Waals surface area contributed by atoms with Crippen LogP contribution in [-0.2, 0) is 6.61 Å². The van der Waals surface area contributed by atoms with Gasteiger partial charge in [-0.2, -0.15) is 5.10 Å². The van der Waals surface area contributed by atoms with Gasteiger partial charge in [0.15, 0.2) is 0 Å². The van der Waals surface area contributed by atoms with Crippen molar-refractivity contribution in [3.05, 3.63) is 120 Å². The van der Waals surface area contributed by atoms with Crippen LogP contribution < -0.4 is 10.2 Å². The van der Waals surface area contributed by atoms with Crippen LogP contribution in [0.15, 0.2) is 107 Å². The number of ether oxygens (including phenoxy) is 1. The van der Waals surface area contributed by atoms with Crippen molar-refractivity contribution >= 4 is 23.0 Å². The molecule has 7 heteroatoms. The Morgan fingerprint density at radius 1 is 0.971 bits per heavy atom. The molecule has 0 radical (unpaired) electrons. The number of benzene rings is 3. The number of furan rings is 1. The number of hydrazone groups is 1. The summed E-state index contributed by atoms with van der Waals surface area (Å²) >= 11 is 0. The first-order valence-electron chi connectivity index (χ1n) is 10.9. The SMILES string of the molecule is O=C(NN=Cc1ccc(-c2ccc(F)cc2)o1)c1ccc(COc2cccc3cccnc23)cc1. The number of pyridine rings is 1. The van der Waals surface area contributed by atoms with Gasteiger partial charge >= 0.3 is 0 Å². The summed E-state index contributed by atoms with van der Waals surface area (Å²) in [7, 11) is 0. The predicted octanol–water partition coefficient (Wildman–Crippen LogP) is 5.98. The molecule has 6 nitrogen and oxygen atoms in total. The first kappa shape index (κ1) is 22.0. The second-order valence-corrected chi connectivity index (χ2v) is 7.72. The largest absolute Gasteiger partial charge is 0.487 e. The molecule has 5 aromatic rings. The van der Waals surface area contributed by atoms with Gasteiger partial charge in [-0.25, -0.2) is 9.82 Å². The van der Waals surface area contributed by atoms with E-state index in [9.17, 15) is 9.18 Å². The van der Waals surface area contributed by atoms with Crippen LogP contribution in [0.3, 0.4) is 0 Å². The average molecular weight is 465 g/mol. The van der Waals surface area contributed by atoms with Crippen LogP contribution in [-0.4, -0.2) is 17.1 Å². The van der Waals surface area contributed by atoms with E-state index in [2.05, 4.69) is 15.5 Å². The maximum atomic E-state index is 13.1. The lowest BCUT2D eigenvalue weighted by Gasteiger charge is -2.09. The number of carbonyl (C=O) groups excluding carboxylic acids is 1. The monoisotopic (exact) mass is 465 g/mol. The van der Waals surface area contributed by atoms with E-state index in [1.165, 1.54) is 18.3 Å². The van der Waals surface area contributed by atoms with Gasteiger partial charge in [-0.15, -0.1) is 0 Å². The van der Waals surface area contributed by atoms with Crippen molar-refractivity contribution in [2.45, 2.75) is 6.61 Å². The highest BCUT2D eigenvalue weighted by Gasteiger charge is 2.07. The summed E-state index contributed by atoms with van der Waals surface area (Å²) in [5, 5.41) is 4.97. The second-order valence-electron chi connectivity index (χ2n) is 7.72. The molecule has 0 aliphatic rings. The Hall–Kier alpha value is -4.78. The van der Waals surface area contributed by atoms with Crippen molar-refractivity contribution in [3.8, 4) is 17.1 Å². The first-order chi connectivity index (χ1) is 17.2. The summed E-state index contributed by atoms with van der Waals surface area (Å²) in [4.78, 5) is 16.8. The van der Waals surface area contributed by atoms with E-state index in [-0.39, 0.29) is 11.7 Å². The Morgan fingerprint density at radius 3 is 2.60 bits per heavy atom. The molecule has 0 atom stereocenters. The number of para-hydroxylation sites is 1. The lowest BCUT2D eigenvalue weighted by molar-refractivity contribution is 0.0955.